The lowest BCUT2D eigenvalue weighted by molar-refractivity contribution is 0.398. The number of benzene rings is 1. The highest BCUT2D eigenvalue weighted by molar-refractivity contribution is 7.86. The molecule has 0 aliphatic heterocycles. The van der Waals surface area contributed by atoms with Crippen molar-refractivity contribution < 1.29 is 12.6 Å². The first-order valence-electron chi connectivity index (χ1n) is 3.23. The molecule has 0 N–H and O–H groups in total. The highest BCUT2D eigenvalue weighted by Crippen LogP contribution is 2.25. The van der Waals surface area contributed by atoms with Gasteiger partial charge in [0.1, 0.15) is 4.90 Å². The molecule has 0 aliphatic rings. The molecule has 0 saturated heterocycles. The van der Waals surface area contributed by atoms with Gasteiger partial charge in [-0.2, -0.15) is 8.42 Å². The van der Waals surface area contributed by atoms with E-state index in [0.717, 1.165) is 7.11 Å². The monoisotopic (exact) mass is 240 g/mol. The van der Waals surface area contributed by atoms with E-state index < -0.39 is 10.1 Å². The Morgan fingerprint density at radius 2 is 1.92 bits per heavy atom. The average Bonchev–Trinajstić information content (AvgIpc) is 2.09. The number of rotatable bonds is 2. The first-order chi connectivity index (χ1) is 5.97. The van der Waals surface area contributed by atoms with Gasteiger partial charge in [0.05, 0.1) is 12.1 Å². The van der Waals surface area contributed by atoms with Gasteiger partial charge in [0, 0.05) is 5.02 Å². The molecule has 3 nitrogen and oxygen atoms in total. The van der Waals surface area contributed by atoms with Gasteiger partial charge < -0.3 is 0 Å². The van der Waals surface area contributed by atoms with Crippen LogP contribution in [0.5, 0.6) is 0 Å². The summed E-state index contributed by atoms with van der Waals surface area (Å²) in [5.74, 6) is 0. The summed E-state index contributed by atoms with van der Waals surface area (Å²) < 4.78 is 26.7. The zero-order valence-corrected chi connectivity index (χ0v) is 8.95. The standard InChI is InChI=1S/C7H6Cl2O3S/c1-12-13(10,11)7-4-5(8)2-3-6(7)9/h2-4H,1H3. The van der Waals surface area contributed by atoms with Crippen molar-refractivity contribution >= 4 is 33.3 Å². The summed E-state index contributed by atoms with van der Waals surface area (Å²) in [5.41, 5.74) is 0. The van der Waals surface area contributed by atoms with E-state index in [1.807, 2.05) is 0 Å². The molecule has 0 fully saturated rings. The van der Waals surface area contributed by atoms with E-state index in [0.29, 0.717) is 5.02 Å². The first kappa shape index (κ1) is 10.8. The van der Waals surface area contributed by atoms with Gasteiger partial charge in [-0.1, -0.05) is 23.2 Å². The van der Waals surface area contributed by atoms with Crippen LogP contribution in [0.15, 0.2) is 23.1 Å². The minimum atomic E-state index is -3.77. The van der Waals surface area contributed by atoms with Crippen LogP contribution in [0.4, 0.5) is 0 Å². The van der Waals surface area contributed by atoms with Crippen LogP contribution in [0.25, 0.3) is 0 Å². The van der Waals surface area contributed by atoms with E-state index in [-0.39, 0.29) is 9.92 Å². The third-order valence-corrected chi connectivity index (χ3v) is 3.37. The van der Waals surface area contributed by atoms with Crippen molar-refractivity contribution in [3.05, 3.63) is 28.2 Å². The van der Waals surface area contributed by atoms with Gasteiger partial charge in [0.15, 0.2) is 0 Å². The quantitative estimate of drug-likeness (QED) is 0.746. The predicted molar refractivity (Wildman–Crippen MR) is 50.7 cm³/mol. The molecule has 0 radical (unpaired) electrons. The van der Waals surface area contributed by atoms with Crippen LogP contribution >= 0.6 is 23.2 Å². The molecule has 6 heteroatoms. The fourth-order valence-electron chi connectivity index (χ4n) is 0.759. The molecule has 0 saturated carbocycles. The van der Waals surface area contributed by atoms with Crippen molar-refractivity contribution in [1.29, 1.82) is 0 Å². The Hall–Kier alpha value is -0.290. The van der Waals surface area contributed by atoms with Gasteiger partial charge in [-0.15, -0.1) is 0 Å². The Morgan fingerprint density at radius 3 is 2.46 bits per heavy atom. The van der Waals surface area contributed by atoms with Crippen LogP contribution in [0.3, 0.4) is 0 Å². The maximum atomic E-state index is 11.2. The van der Waals surface area contributed by atoms with E-state index >= 15 is 0 Å². The Bertz CT molecular complexity index is 414. The number of halogens is 2. The maximum absolute atomic E-state index is 11.2. The highest BCUT2D eigenvalue weighted by Gasteiger charge is 2.17. The summed E-state index contributed by atoms with van der Waals surface area (Å²) in [6.07, 6.45) is 0. The van der Waals surface area contributed by atoms with Crippen LogP contribution in [0, 0.1) is 0 Å². The summed E-state index contributed by atoms with van der Waals surface area (Å²) in [6.45, 7) is 0. The van der Waals surface area contributed by atoms with Crippen LogP contribution in [0.2, 0.25) is 10.0 Å². The van der Waals surface area contributed by atoms with Crippen LogP contribution in [0.1, 0.15) is 0 Å². The van der Waals surface area contributed by atoms with Gasteiger partial charge in [0.25, 0.3) is 10.1 Å². The fourth-order valence-corrected chi connectivity index (χ4v) is 2.15. The minimum absolute atomic E-state index is 0.0891. The molecule has 1 rings (SSSR count). The minimum Gasteiger partial charge on any atom is -0.270 e. The Balaban J connectivity index is 3.38. The average molecular weight is 241 g/mol. The largest absolute Gasteiger partial charge is 0.298 e. The molecular weight excluding hydrogens is 235 g/mol. The zero-order valence-electron chi connectivity index (χ0n) is 6.62. The van der Waals surface area contributed by atoms with Crippen LogP contribution in [-0.2, 0) is 14.3 Å². The molecule has 72 valence electrons. The molecular formula is C7H6Cl2O3S. The Kier molecular flexibility index (Phi) is 3.18. The molecule has 0 unspecified atom stereocenters. The number of hydrogen-bond acceptors (Lipinski definition) is 3. The van der Waals surface area contributed by atoms with Crippen LogP contribution in [-0.4, -0.2) is 15.5 Å². The van der Waals surface area contributed by atoms with Gasteiger partial charge in [-0.3, -0.25) is 4.18 Å². The van der Waals surface area contributed by atoms with Crippen molar-refractivity contribution in [3.8, 4) is 0 Å². The second-order valence-corrected chi connectivity index (χ2v) is 4.72. The maximum Gasteiger partial charge on any atom is 0.298 e. The Morgan fingerprint density at radius 1 is 1.31 bits per heavy atom. The van der Waals surface area contributed by atoms with Gasteiger partial charge in [-0.25, -0.2) is 0 Å². The molecule has 0 atom stereocenters. The van der Waals surface area contributed by atoms with E-state index in [2.05, 4.69) is 4.18 Å². The van der Waals surface area contributed by atoms with E-state index in [9.17, 15) is 8.42 Å². The van der Waals surface area contributed by atoms with Gasteiger partial charge in [-0.05, 0) is 18.2 Å². The lowest BCUT2D eigenvalue weighted by atomic mass is 10.4. The van der Waals surface area contributed by atoms with Crippen molar-refractivity contribution in [3.63, 3.8) is 0 Å². The van der Waals surface area contributed by atoms with Gasteiger partial charge >= 0.3 is 0 Å². The van der Waals surface area contributed by atoms with E-state index in [4.69, 9.17) is 23.2 Å². The van der Waals surface area contributed by atoms with Gasteiger partial charge in [0.2, 0.25) is 0 Å². The molecule has 0 aromatic heterocycles. The molecule has 13 heavy (non-hydrogen) atoms. The second-order valence-electron chi connectivity index (χ2n) is 2.20. The van der Waals surface area contributed by atoms with Crippen LogP contribution < -0.4 is 0 Å². The molecule has 0 aliphatic carbocycles. The topological polar surface area (TPSA) is 43.4 Å². The lowest BCUT2D eigenvalue weighted by Gasteiger charge is -2.03. The fraction of sp³-hybridized carbons (Fsp3) is 0.143. The lowest BCUT2D eigenvalue weighted by Crippen LogP contribution is -2.03. The second kappa shape index (κ2) is 3.84. The summed E-state index contributed by atoms with van der Waals surface area (Å²) in [7, 11) is -2.71. The summed E-state index contributed by atoms with van der Waals surface area (Å²) in [4.78, 5) is -0.121. The molecule has 1 aromatic carbocycles. The Labute approximate surface area is 86.4 Å². The zero-order chi connectivity index (χ0) is 10.1. The molecule has 0 bridgehead atoms. The SMILES string of the molecule is COS(=O)(=O)c1cc(Cl)ccc1Cl. The van der Waals surface area contributed by atoms with Crippen molar-refractivity contribution in [1.82, 2.24) is 0 Å². The summed E-state index contributed by atoms with van der Waals surface area (Å²) in [6, 6.07) is 4.14. The highest BCUT2D eigenvalue weighted by atomic mass is 35.5. The summed E-state index contributed by atoms with van der Waals surface area (Å²) in [5, 5.41) is 0.381. The van der Waals surface area contributed by atoms with Crippen molar-refractivity contribution in [2.45, 2.75) is 4.90 Å². The predicted octanol–water partition coefficient (Wildman–Crippen LogP) is 2.33. The van der Waals surface area contributed by atoms with Crippen molar-refractivity contribution in [2.75, 3.05) is 7.11 Å². The number of hydrogen-bond donors (Lipinski definition) is 0. The molecule has 0 spiro atoms. The first-order valence-corrected chi connectivity index (χ1v) is 5.39. The van der Waals surface area contributed by atoms with E-state index in [1.54, 1.807) is 0 Å². The third kappa shape index (κ3) is 2.34. The smallest absolute Gasteiger partial charge is 0.270 e. The molecule has 1 aromatic rings. The summed E-state index contributed by atoms with van der Waals surface area (Å²) >= 11 is 11.2. The van der Waals surface area contributed by atoms with Crippen molar-refractivity contribution in [2.24, 2.45) is 0 Å². The molecule has 0 heterocycles. The normalized spacial score (nSPS) is 11.6. The third-order valence-electron chi connectivity index (χ3n) is 1.38. The molecule has 0 amide bonds. The van der Waals surface area contributed by atoms with E-state index in [1.165, 1.54) is 18.2 Å².